The van der Waals surface area contributed by atoms with Gasteiger partial charge in [-0.1, -0.05) is 30.1 Å². The maximum atomic E-state index is 6.01. The highest BCUT2D eigenvalue weighted by atomic mass is 35.5. The van der Waals surface area contributed by atoms with Crippen LogP contribution in [0.25, 0.3) is 0 Å². The van der Waals surface area contributed by atoms with E-state index >= 15 is 0 Å². The minimum atomic E-state index is 0.0882. The molecule has 0 heterocycles. The molecule has 0 saturated carbocycles. The van der Waals surface area contributed by atoms with Crippen molar-refractivity contribution in [2.75, 3.05) is 13.1 Å². The number of hydrogen-bond acceptors (Lipinski definition) is 2. The summed E-state index contributed by atoms with van der Waals surface area (Å²) >= 11 is 11.8. The molecule has 0 amide bonds. The molecule has 0 saturated heterocycles. The van der Waals surface area contributed by atoms with Crippen LogP contribution in [0.2, 0.25) is 10.0 Å². The van der Waals surface area contributed by atoms with Gasteiger partial charge in [0.2, 0.25) is 0 Å². The molecule has 0 spiro atoms. The summed E-state index contributed by atoms with van der Waals surface area (Å²) in [6.07, 6.45) is 1.21. The zero-order valence-electron chi connectivity index (χ0n) is 9.59. The van der Waals surface area contributed by atoms with Crippen LogP contribution < -0.4 is 10.1 Å². The Morgan fingerprint density at radius 3 is 2.75 bits per heavy atom. The summed E-state index contributed by atoms with van der Waals surface area (Å²) in [5.41, 5.74) is 0. The number of halogens is 2. The van der Waals surface area contributed by atoms with E-state index in [2.05, 4.69) is 12.2 Å². The third-order valence-corrected chi connectivity index (χ3v) is 2.61. The molecule has 1 unspecified atom stereocenters. The van der Waals surface area contributed by atoms with Gasteiger partial charge in [0, 0.05) is 11.6 Å². The lowest BCUT2D eigenvalue weighted by Gasteiger charge is -2.16. The highest BCUT2D eigenvalue weighted by Crippen LogP contribution is 2.28. The van der Waals surface area contributed by atoms with Gasteiger partial charge in [-0.15, -0.1) is 0 Å². The molecule has 1 aromatic rings. The zero-order chi connectivity index (χ0) is 12.0. The summed E-state index contributed by atoms with van der Waals surface area (Å²) in [6.45, 7) is 5.96. The highest BCUT2D eigenvalue weighted by molar-refractivity contribution is 6.35. The molecule has 1 aromatic carbocycles. The molecule has 1 N–H and O–H groups in total. The van der Waals surface area contributed by atoms with Gasteiger partial charge in [0.05, 0.1) is 5.02 Å². The third kappa shape index (κ3) is 4.60. The lowest BCUT2D eigenvalue weighted by Crippen LogP contribution is -2.29. The van der Waals surface area contributed by atoms with Crippen LogP contribution >= 0.6 is 23.2 Å². The van der Waals surface area contributed by atoms with Crippen LogP contribution in [0.3, 0.4) is 0 Å². The first-order chi connectivity index (χ1) is 7.63. The molecule has 16 heavy (non-hydrogen) atoms. The molecule has 4 heteroatoms. The van der Waals surface area contributed by atoms with Crippen molar-refractivity contribution in [3.63, 3.8) is 0 Å². The number of benzene rings is 1. The van der Waals surface area contributed by atoms with Crippen LogP contribution in [0.15, 0.2) is 18.2 Å². The first-order valence-electron chi connectivity index (χ1n) is 5.46. The fourth-order valence-corrected chi connectivity index (χ4v) is 1.76. The van der Waals surface area contributed by atoms with Crippen LogP contribution in [0, 0.1) is 0 Å². The SMILES string of the molecule is CCCNCC(C)Oc1ccc(Cl)cc1Cl. The van der Waals surface area contributed by atoms with Gasteiger partial charge in [-0.05, 0) is 38.1 Å². The van der Waals surface area contributed by atoms with Crippen molar-refractivity contribution < 1.29 is 4.74 Å². The Morgan fingerprint density at radius 1 is 1.38 bits per heavy atom. The molecular weight excluding hydrogens is 245 g/mol. The van der Waals surface area contributed by atoms with Crippen molar-refractivity contribution in [2.24, 2.45) is 0 Å². The lowest BCUT2D eigenvalue weighted by molar-refractivity contribution is 0.217. The van der Waals surface area contributed by atoms with E-state index in [1.165, 1.54) is 0 Å². The van der Waals surface area contributed by atoms with E-state index in [-0.39, 0.29) is 6.10 Å². The molecule has 90 valence electrons. The van der Waals surface area contributed by atoms with Crippen LogP contribution in [-0.2, 0) is 0 Å². The Morgan fingerprint density at radius 2 is 2.12 bits per heavy atom. The van der Waals surface area contributed by atoms with Crippen LogP contribution in [0.4, 0.5) is 0 Å². The summed E-state index contributed by atoms with van der Waals surface area (Å²) in [6, 6.07) is 5.25. The largest absolute Gasteiger partial charge is 0.488 e. The van der Waals surface area contributed by atoms with Gasteiger partial charge >= 0.3 is 0 Å². The van der Waals surface area contributed by atoms with E-state index in [0.29, 0.717) is 15.8 Å². The molecule has 0 bridgehead atoms. The number of rotatable bonds is 6. The van der Waals surface area contributed by atoms with Crippen LogP contribution in [0.1, 0.15) is 20.3 Å². The predicted molar refractivity (Wildman–Crippen MR) is 69.7 cm³/mol. The Balaban J connectivity index is 2.46. The maximum absolute atomic E-state index is 6.01. The van der Waals surface area contributed by atoms with E-state index in [4.69, 9.17) is 27.9 Å². The van der Waals surface area contributed by atoms with Gasteiger partial charge in [0.1, 0.15) is 11.9 Å². The average Bonchev–Trinajstić information content (AvgIpc) is 2.23. The summed E-state index contributed by atoms with van der Waals surface area (Å²) in [4.78, 5) is 0. The van der Waals surface area contributed by atoms with Gasteiger partial charge in [-0.3, -0.25) is 0 Å². The number of ether oxygens (including phenoxy) is 1. The van der Waals surface area contributed by atoms with Crippen molar-refractivity contribution in [3.05, 3.63) is 28.2 Å². The van der Waals surface area contributed by atoms with E-state index < -0.39 is 0 Å². The summed E-state index contributed by atoms with van der Waals surface area (Å²) in [5, 5.41) is 4.46. The van der Waals surface area contributed by atoms with Crippen molar-refractivity contribution >= 4 is 23.2 Å². The highest BCUT2D eigenvalue weighted by Gasteiger charge is 2.07. The van der Waals surface area contributed by atoms with E-state index in [9.17, 15) is 0 Å². The first kappa shape index (κ1) is 13.6. The Kier molecular flexibility index (Phi) is 5.96. The third-order valence-electron chi connectivity index (χ3n) is 2.08. The Labute approximate surface area is 107 Å². The second-order valence-electron chi connectivity index (χ2n) is 3.71. The zero-order valence-corrected chi connectivity index (χ0v) is 11.1. The van der Waals surface area contributed by atoms with Crippen molar-refractivity contribution in [2.45, 2.75) is 26.4 Å². The standard InChI is InChI=1S/C12H17Cl2NO/c1-3-6-15-8-9(2)16-12-5-4-10(13)7-11(12)14/h4-5,7,9,15H,3,6,8H2,1-2H3. The summed E-state index contributed by atoms with van der Waals surface area (Å²) < 4.78 is 5.69. The molecule has 0 radical (unpaired) electrons. The van der Waals surface area contributed by atoms with E-state index in [1.54, 1.807) is 18.2 Å². The Bertz CT molecular complexity index is 331. The van der Waals surface area contributed by atoms with Gasteiger partial charge < -0.3 is 10.1 Å². The van der Waals surface area contributed by atoms with Crippen molar-refractivity contribution in [1.82, 2.24) is 5.32 Å². The maximum Gasteiger partial charge on any atom is 0.138 e. The van der Waals surface area contributed by atoms with Gasteiger partial charge in [0.15, 0.2) is 0 Å². The average molecular weight is 262 g/mol. The molecule has 2 nitrogen and oxygen atoms in total. The van der Waals surface area contributed by atoms with Gasteiger partial charge in [-0.2, -0.15) is 0 Å². The monoisotopic (exact) mass is 261 g/mol. The van der Waals surface area contributed by atoms with E-state index in [1.807, 2.05) is 6.92 Å². The summed E-state index contributed by atoms with van der Waals surface area (Å²) in [5.74, 6) is 0.678. The fraction of sp³-hybridized carbons (Fsp3) is 0.500. The molecule has 1 atom stereocenters. The fourth-order valence-electron chi connectivity index (χ4n) is 1.31. The smallest absolute Gasteiger partial charge is 0.138 e. The molecule has 0 aliphatic rings. The normalized spacial score (nSPS) is 12.5. The van der Waals surface area contributed by atoms with Crippen LogP contribution in [-0.4, -0.2) is 19.2 Å². The molecule has 0 aliphatic carbocycles. The van der Waals surface area contributed by atoms with Gasteiger partial charge in [0.25, 0.3) is 0 Å². The molecule has 0 fully saturated rings. The van der Waals surface area contributed by atoms with Crippen LogP contribution in [0.5, 0.6) is 5.75 Å². The Hall–Kier alpha value is -0.440. The minimum Gasteiger partial charge on any atom is -0.488 e. The quantitative estimate of drug-likeness (QED) is 0.788. The predicted octanol–water partition coefficient (Wildman–Crippen LogP) is 3.76. The lowest BCUT2D eigenvalue weighted by atomic mass is 10.3. The molecule has 1 rings (SSSR count). The number of hydrogen-bond donors (Lipinski definition) is 1. The van der Waals surface area contributed by atoms with Crippen molar-refractivity contribution in [3.8, 4) is 5.75 Å². The topological polar surface area (TPSA) is 21.3 Å². The summed E-state index contributed by atoms with van der Waals surface area (Å²) in [7, 11) is 0. The van der Waals surface area contributed by atoms with Gasteiger partial charge in [-0.25, -0.2) is 0 Å². The van der Waals surface area contributed by atoms with Crippen molar-refractivity contribution in [1.29, 1.82) is 0 Å². The second kappa shape index (κ2) is 7.00. The number of nitrogens with one attached hydrogen (secondary N) is 1. The molecular formula is C12H17Cl2NO. The van der Waals surface area contributed by atoms with E-state index in [0.717, 1.165) is 19.5 Å². The second-order valence-corrected chi connectivity index (χ2v) is 4.55. The molecule has 0 aromatic heterocycles. The minimum absolute atomic E-state index is 0.0882. The first-order valence-corrected chi connectivity index (χ1v) is 6.21. The molecule has 0 aliphatic heterocycles.